The van der Waals surface area contributed by atoms with E-state index in [-0.39, 0.29) is 19.1 Å². The van der Waals surface area contributed by atoms with Gasteiger partial charge in [0.1, 0.15) is 6.04 Å². The van der Waals surface area contributed by atoms with E-state index >= 15 is 0 Å². The van der Waals surface area contributed by atoms with Crippen molar-refractivity contribution in [2.45, 2.75) is 39.7 Å². The molecular formula is C16H24N2O4. The fourth-order valence-corrected chi connectivity index (χ4v) is 1.91. The van der Waals surface area contributed by atoms with Crippen LogP contribution in [0.3, 0.4) is 0 Å². The minimum Gasteiger partial charge on any atom is -0.464 e. The number of carbonyl (C=O) groups is 2. The number of aromatic nitrogens is 1. The molecule has 1 aromatic rings. The Bertz CT molecular complexity index is 462. The zero-order chi connectivity index (χ0) is 16.4. The third-order valence-corrected chi connectivity index (χ3v) is 2.89. The standard InChI is InChI=1S/C16H24N2O4/c1-4-21-15(19)14(11-12(2)3)18-16(20)22-10-8-13-7-5-6-9-17-13/h5-7,9,12,14H,4,8,10-11H2,1-3H3,(H,18,20)/t14-/m0/s1. The van der Waals surface area contributed by atoms with Crippen molar-refractivity contribution in [2.75, 3.05) is 13.2 Å². The Hall–Kier alpha value is -2.11. The molecule has 122 valence electrons. The van der Waals surface area contributed by atoms with Gasteiger partial charge in [-0.2, -0.15) is 0 Å². The molecule has 1 atom stereocenters. The molecule has 0 saturated heterocycles. The zero-order valence-electron chi connectivity index (χ0n) is 13.4. The summed E-state index contributed by atoms with van der Waals surface area (Å²) in [5.41, 5.74) is 0.847. The van der Waals surface area contributed by atoms with Gasteiger partial charge in [-0.25, -0.2) is 9.59 Å². The first-order chi connectivity index (χ1) is 10.5. The Kier molecular flexibility index (Phi) is 7.96. The summed E-state index contributed by atoms with van der Waals surface area (Å²) < 4.78 is 10.0. The van der Waals surface area contributed by atoms with Gasteiger partial charge in [-0.3, -0.25) is 4.98 Å². The number of nitrogens with zero attached hydrogens (tertiary/aromatic N) is 1. The van der Waals surface area contributed by atoms with E-state index in [9.17, 15) is 9.59 Å². The van der Waals surface area contributed by atoms with Crippen molar-refractivity contribution in [1.29, 1.82) is 0 Å². The molecule has 1 heterocycles. The number of hydrogen-bond donors (Lipinski definition) is 1. The van der Waals surface area contributed by atoms with Gasteiger partial charge in [0.2, 0.25) is 0 Å². The Morgan fingerprint density at radius 1 is 1.27 bits per heavy atom. The predicted molar refractivity (Wildman–Crippen MR) is 82.3 cm³/mol. The monoisotopic (exact) mass is 308 g/mol. The second kappa shape index (κ2) is 9.76. The van der Waals surface area contributed by atoms with Crippen molar-refractivity contribution < 1.29 is 19.1 Å². The van der Waals surface area contributed by atoms with Crippen LogP contribution in [-0.4, -0.2) is 36.3 Å². The maximum atomic E-state index is 11.8. The summed E-state index contributed by atoms with van der Waals surface area (Å²) in [6, 6.07) is 4.89. The van der Waals surface area contributed by atoms with Crippen LogP contribution < -0.4 is 5.32 Å². The van der Waals surface area contributed by atoms with E-state index < -0.39 is 18.1 Å². The third kappa shape index (κ3) is 7.06. The SMILES string of the molecule is CCOC(=O)[C@H](CC(C)C)NC(=O)OCCc1ccccn1. The molecule has 6 nitrogen and oxygen atoms in total. The lowest BCUT2D eigenvalue weighted by atomic mass is 10.0. The zero-order valence-corrected chi connectivity index (χ0v) is 13.4. The Morgan fingerprint density at radius 3 is 2.64 bits per heavy atom. The number of rotatable bonds is 8. The fourth-order valence-electron chi connectivity index (χ4n) is 1.91. The van der Waals surface area contributed by atoms with E-state index in [1.807, 2.05) is 32.0 Å². The summed E-state index contributed by atoms with van der Waals surface area (Å²) in [6.07, 6.45) is 2.11. The normalized spacial score (nSPS) is 11.8. The number of esters is 1. The molecule has 0 saturated carbocycles. The fraction of sp³-hybridized carbons (Fsp3) is 0.562. The molecule has 0 aliphatic heterocycles. The van der Waals surface area contributed by atoms with Crippen LogP contribution in [0.25, 0.3) is 0 Å². The van der Waals surface area contributed by atoms with Gasteiger partial charge in [0.05, 0.1) is 13.2 Å². The summed E-state index contributed by atoms with van der Waals surface area (Å²) in [6.45, 7) is 6.17. The first-order valence-electron chi connectivity index (χ1n) is 7.52. The van der Waals surface area contributed by atoms with Crippen LogP contribution in [0.1, 0.15) is 32.9 Å². The molecule has 0 fully saturated rings. The first kappa shape index (κ1) is 17.9. The van der Waals surface area contributed by atoms with Crippen LogP contribution in [0.15, 0.2) is 24.4 Å². The van der Waals surface area contributed by atoms with Crippen molar-refractivity contribution in [3.05, 3.63) is 30.1 Å². The molecule has 0 radical (unpaired) electrons. The summed E-state index contributed by atoms with van der Waals surface area (Å²) in [5.74, 6) is -0.180. The van der Waals surface area contributed by atoms with Gasteiger partial charge in [0.15, 0.2) is 0 Å². The van der Waals surface area contributed by atoms with Crippen LogP contribution >= 0.6 is 0 Å². The summed E-state index contributed by atoms with van der Waals surface area (Å²) in [5, 5.41) is 2.56. The number of nitrogens with one attached hydrogen (secondary N) is 1. The highest BCUT2D eigenvalue weighted by Gasteiger charge is 2.23. The molecule has 0 unspecified atom stereocenters. The van der Waals surface area contributed by atoms with Gasteiger partial charge in [0.25, 0.3) is 0 Å². The molecule has 0 aliphatic carbocycles. The lowest BCUT2D eigenvalue weighted by Gasteiger charge is -2.18. The van der Waals surface area contributed by atoms with Crippen LogP contribution in [0, 0.1) is 5.92 Å². The topological polar surface area (TPSA) is 77.5 Å². The maximum absolute atomic E-state index is 11.8. The number of pyridine rings is 1. The minimum absolute atomic E-state index is 0.208. The second-order valence-corrected chi connectivity index (χ2v) is 5.29. The molecule has 0 bridgehead atoms. The Balaban J connectivity index is 2.40. The summed E-state index contributed by atoms with van der Waals surface area (Å²) in [4.78, 5) is 27.7. The maximum Gasteiger partial charge on any atom is 0.407 e. The van der Waals surface area contributed by atoms with E-state index in [0.29, 0.717) is 12.8 Å². The van der Waals surface area contributed by atoms with Gasteiger partial charge >= 0.3 is 12.1 Å². The molecule has 1 rings (SSSR count). The number of carbonyl (C=O) groups excluding carboxylic acids is 2. The van der Waals surface area contributed by atoms with E-state index in [4.69, 9.17) is 9.47 Å². The number of hydrogen-bond acceptors (Lipinski definition) is 5. The number of ether oxygens (including phenoxy) is 2. The van der Waals surface area contributed by atoms with Gasteiger partial charge in [0, 0.05) is 18.3 Å². The van der Waals surface area contributed by atoms with E-state index in [1.54, 1.807) is 13.1 Å². The molecule has 1 aromatic heterocycles. The number of amides is 1. The minimum atomic E-state index is -0.678. The third-order valence-electron chi connectivity index (χ3n) is 2.89. The van der Waals surface area contributed by atoms with Gasteiger partial charge < -0.3 is 14.8 Å². The summed E-state index contributed by atoms with van der Waals surface area (Å²) >= 11 is 0. The van der Waals surface area contributed by atoms with Crippen molar-refractivity contribution >= 4 is 12.1 Å². The van der Waals surface area contributed by atoms with Gasteiger partial charge in [-0.15, -0.1) is 0 Å². The highest BCUT2D eigenvalue weighted by atomic mass is 16.6. The molecule has 1 amide bonds. The predicted octanol–water partition coefficient (Wildman–Crippen LogP) is 2.33. The van der Waals surface area contributed by atoms with Crippen LogP contribution in [0.2, 0.25) is 0 Å². The molecule has 22 heavy (non-hydrogen) atoms. The van der Waals surface area contributed by atoms with E-state index in [1.165, 1.54) is 0 Å². The Morgan fingerprint density at radius 2 is 2.05 bits per heavy atom. The second-order valence-electron chi connectivity index (χ2n) is 5.29. The average Bonchev–Trinajstić information content (AvgIpc) is 2.47. The van der Waals surface area contributed by atoms with E-state index in [2.05, 4.69) is 10.3 Å². The van der Waals surface area contributed by atoms with Crippen LogP contribution in [0.4, 0.5) is 4.79 Å². The molecule has 0 aromatic carbocycles. The molecular weight excluding hydrogens is 284 g/mol. The van der Waals surface area contributed by atoms with Crippen molar-refractivity contribution in [3.63, 3.8) is 0 Å². The highest BCUT2D eigenvalue weighted by molar-refractivity contribution is 5.81. The smallest absolute Gasteiger partial charge is 0.407 e. The van der Waals surface area contributed by atoms with Crippen molar-refractivity contribution in [3.8, 4) is 0 Å². The van der Waals surface area contributed by atoms with Crippen molar-refractivity contribution in [2.24, 2.45) is 5.92 Å². The molecule has 0 spiro atoms. The lowest BCUT2D eigenvalue weighted by molar-refractivity contribution is -0.146. The van der Waals surface area contributed by atoms with Gasteiger partial charge in [-0.05, 0) is 31.4 Å². The summed E-state index contributed by atoms with van der Waals surface area (Å²) in [7, 11) is 0. The average molecular weight is 308 g/mol. The largest absolute Gasteiger partial charge is 0.464 e. The van der Waals surface area contributed by atoms with E-state index in [0.717, 1.165) is 5.69 Å². The molecule has 0 aliphatic rings. The quantitative estimate of drug-likeness (QED) is 0.746. The lowest BCUT2D eigenvalue weighted by Crippen LogP contribution is -2.43. The van der Waals surface area contributed by atoms with Gasteiger partial charge in [-0.1, -0.05) is 19.9 Å². The van der Waals surface area contributed by atoms with Crippen LogP contribution in [0.5, 0.6) is 0 Å². The highest BCUT2D eigenvalue weighted by Crippen LogP contribution is 2.07. The Labute approximate surface area is 131 Å². The van der Waals surface area contributed by atoms with Crippen LogP contribution in [-0.2, 0) is 20.7 Å². The first-order valence-corrected chi connectivity index (χ1v) is 7.52. The number of alkyl carbamates (subject to hydrolysis) is 1. The van der Waals surface area contributed by atoms with Crippen molar-refractivity contribution in [1.82, 2.24) is 10.3 Å². The molecule has 1 N–H and O–H groups in total. The molecule has 6 heteroatoms.